The molecule has 1 aliphatic heterocycles. The topological polar surface area (TPSA) is 54.3 Å². The van der Waals surface area contributed by atoms with Crippen LogP contribution in [0.15, 0.2) is 72.8 Å². The summed E-state index contributed by atoms with van der Waals surface area (Å²) >= 11 is 0. The Morgan fingerprint density at radius 2 is 1.56 bits per heavy atom. The van der Waals surface area contributed by atoms with Crippen LogP contribution in [-0.2, 0) is 11.3 Å². The molecule has 0 saturated heterocycles. The fourth-order valence-electron chi connectivity index (χ4n) is 5.83. The van der Waals surface area contributed by atoms with Crippen molar-refractivity contribution in [1.29, 1.82) is 0 Å². The SMILES string of the molecule is CC1CCC(NC(=O)[C@@]2(C)Cn3c(ccc3-c3ccccc3)C(=O)N2C[C@@H](C)c2ccccc2)CC1. The summed E-state index contributed by atoms with van der Waals surface area (Å²) in [6, 6.07) is 24.4. The smallest absolute Gasteiger partial charge is 0.271 e. The summed E-state index contributed by atoms with van der Waals surface area (Å²) < 4.78 is 2.05. The molecule has 2 heterocycles. The van der Waals surface area contributed by atoms with Crippen LogP contribution in [0.25, 0.3) is 11.3 Å². The molecule has 1 aliphatic carbocycles. The van der Waals surface area contributed by atoms with Crippen LogP contribution >= 0.6 is 0 Å². The molecular formula is C31H37N3O2. The van der Waals surface area contributed by atoms with E-state index in [1.54, 1.807) is 0 Å². The summed E-state index contributed by atoms with van der Waals surface area (Å²) in [5.74, 6) is 0.687. The number of hydrogen-bond donors (Lipinski definition) is 1. The first-order valence-corrected chi connectivity index (χ1v) is 13.3. The van der Waals surface area contributed by atoms with Crippen LogP contribution in [0.4, 0.5) is 0 Å². The Morgan fingerprint density at radius 1 is 0.944 bits per heavy atom. The molecule has 2 aliphatic rings. The van der Waals surface area contributed by atoms with Crippen molar-refractivity contribution < 1.29 is 9.59 Å². The number of carbonyl (C=O) groups excluding carboxylic acids is 2. The summed E-state index contributed by atoms with van der Waals surface area (Å²) in [4.78, 5) is 29.8. The van der Waals surface area contributed by atoms with Gasteiger partial charge in [0.2, 0.25) is 5.91 Å². The molecule has 0 unspecified atom stereocenters. The maximum Gasteiger partial charge on any atom is 0.271 e. The number of rotatable bonds is 6. The summed E-state index contributed by atoms with van der Waals surface area (Å²) in [6.07, 6.45) is 4.27. The Morgan fingerprint density at radius 3 is 2.22 bits per heavy atom. The van der Waals surface area contributed by atoms with Gasteiger partial charge in [-0.15, -0.1) is 0 Å². The third-order valence-electron chi connectivity index (χ3n) is 8.24. The van der Waals surface area contributed by atoms with Crippen LogP contribution in [-0.4, -0.2) is 39.4 Å². The van der Waals surface area contributed by atoms with Crippen molar-refractivity contribution in [2.45, 2.75) is 70.5 Å². The molecule has 2 aromatic carbocycles. The van der Waals surface area contributed by atoms with E-state index in [9.17, 15) is 9.59 Å². The largest absolute Gasteiger partial charge is 0.351 e. The zero-order valence-electron chi connectivity index (χ0n) is 21.6. The highest BCUT2D eigenvalue weighted by Gasteiger charge is 2.48. The molecule has 3 aromatic rings. The van der Waals surface area contributed by atoms with Gasteiger partial charge < -0.3 is 14.8 Å². The van der Waals surface area contributed by atoms with Gasteiger partial charge in [-0.2, -0.15) is 0 Å². The van der Waals surface area contributed by atoms with E-state index < -0.39 is 5.54 Å². The van der Waals surface area contributed by atoms with Crippen molar-refractivity contribution >= 4 is 11.8 Å². The zero-order chi connectivity index (χ0) is 25.3. The number of benzene rings is 2. The minimum absolute atomic E-state index is 0.0472. The first-order valence-electron chi connectivity index (χ1n) is 13.3. The van der Waals surface area contributed by atoms with E-state index in [1.807, 2.05) is 64.9 Å². The van der Waals surface area contributed by atoms with Gasteiger partial charge in [-0.05, 0) is 67.7 Å². The summed E-state index contributed by atoms with van der Waals surface area (Å²) in [5.41, 5.74) is 2.84. The molecule has 188 valence electrons. The summed E-state index contributed by atoms with van der Waals surface area (Å²) in [7, 11) is 0. The second-order valence-corrected chi connectivity index (χ2v) is 11.0. The van der Waals surface area contributed by atoms with E-state index in [1.165, 1.54) is 5.56 Å². The second-order valence-electron chi connectivity index (χ2n) is 11.0. The van der Waals surface area contributed by atoms with Gasteiger partial charge >= 0.3 is 0 Å². The van der Waals surface area contributed by atoms with Gasteiger partial charge in [0.1, 0.15) is 11.2 Å². The van der Waals surface area contributed by atoms with E-state index in [0.717, 1.165) is 36.9 Å². The lowest BCUT2D eigenvalue weighted by atomic mass is 9.86. The molecule has 5 rings (SSSR count). The van der Waals surface area contributed by atoms with Crippen molar-refractivity contribution in [1.82, 2.24) is 14.8 Å². The Bertz CT molecular complexity index is 1210. The minimum atomic E-state index is -0.987. The van der Waals surface area contributed by atoms with E-state index in [2.05, 4.69) is 43.4 Å². The molecule has 1 saturated carbocycles. The van der Waals surface area contributed by atoms with Gasteiger partial charge in [0.25, 0.3) is 5.91 Å². The predicted molar refractivity (Wildman–Crippen MR) is 144 cm³/mol. The van der Waals surface area contributed by atoms with Crippen molar-refractivity contribution in [3.05, 3.63) is 84.1 Å². The fourth-order valence-corrected chi connectivity index (χ4v) is 5.83. The van der Waals surface area contributed by atoms with Crippen molar-refractivity contribution in [2.24, 2.45) is 5.92 Å². The molecule has 36 heavy (non-hydrogen) atoms. The number of amides is 2. The second kappa shape index (κ2) is 9.96. The highest BCUT2D eigenvalue weighted by molar-refractivity contribution is 6.00. The van der Waals surface area contributed by atoms with E-state index in [4.69, 9.17) is 0 Å². The van der Waals surface area contributed by atoms with Crippen LogP contribution in [0.2, 0.25) is 0 Å². The number of hydrogen-bond acceptors (Lipinski definition) is 2. The molecule has 1 fully saturated rings. The van der Waals surface area contributed by atoms with Gasteiger partial charge in [-0.25, -0.2) is 0 Å². The van der Waals surface area contributed by atoms with Crippen LogP contribution in [0.3, 0.4) is 0 Å². The van der Waals surface area contributed by atoms with Gasteiger partial charge in [0, 0.05) is 18.3 Å². The van der Waals surface area contributed by atoms with Crippen LogP contribution in [0.5, 0.6) is 0 Å². The Balaban J connectivity index is 1.49. The monoisotopic (exact) mass is 483 g/mol. The highest BCUT2D eigenvalue weighted by Crippen LogP contribution is 2.35. The molecule has 2 atom stereocenters. The lowest BCUT2D eigenvalue weighted by Gasteiger charge is -2.46. The zero-order valence-corrected chi connectivity index (χ0v) is 21.6. The van der Waals surface area contributed by atoms with Crippen molar-refractivity contribution in [3.8, 4) is 11.3 Å². The Hall–Kier alpha value is -3.34. The minimum Gasteiger partial charge on any atom is -0.351 e. The van der Waals surface area contributed by atoms with E-state index in [-0.39, 0.29) is 23.8 Å². The lowest BCUT2D eigenvalue weighted by molar-refractivity contribution is -0.134. The van der Waals surface area contributed by atoms with Gasteiger partial charge in [-0.1, -0.05) is 74.5 Å². The highest BCUT2D eigenvalue weighted by atomic mass is 16.2. The molecule has 1 aromatic heterocycles. The fraction of sp³-hybridized carbons (Fsp3) is 0.419. The summed E-state index contributed by atoms with van der Waals surface area (Å²) in [6.45, 7) is 7.28. The van der Waals surface area contributed by atoms with Gasteiger partial charge in [-0.3, -0.25) is 9.59 Å². The third-order valence-corrected chi connectivity index (χ3v) is 8.24. The maximum atomic E-state index is 14.0. The average molecular weight is 484 g/mol. The molecule has 0 bridgehead atoms. The summed E-state index contributed by atoms with van der Waals surface area (Å²) in [5, 5.41) is 3.35. The number of nitrogens with zero attached hydrogens (tertiary/aromatic N) is 2. The van der Waals surface area contributed by atoms with E-state index in [0.29, 0.717) is 24.7 Å². The van der Waals surface area contributed by atoms with Gasteiger partial charge in [0.05, 0.1) is 6.54 Å². The predicted octanol–water partition coefficient (Wildman–Crippen LogP) is 5.87. The maximum absolute atomic E-state index is 14.0. The van der Waals surface area contributed by atoms with Crippen LogP contribution < -0.4 is 5.32 Å². The van der Waals surface area contributed by atoms with Crippen LogP contribution in [0, 0.1) is 5.92 Å². The number of fused-ring (bicyclic) bond motifs is 1. The Kier molecular flexibility index (Phi) is 6.74. The average Bonchev–Trinajstić information content (AvgIpc) is 3.32. The van der Waals surface area contributed by atoms with Crippen molar-refractivity contribution in [2.75, 3.05) is 6.54 Å². The standard InChI is InChI=1S/C31H37N3O2/c1-22-14-16-26(17-15-22)32-30(36)31(3)21-33-27(25-12-8-5-9-13-25)18-19-28(33)29(35)34(31)20-23(2)24-10-6-4-7-11-24/h4-13,18-19,22-23,26H,14-17,20-21H2,1-3H3,(H,32,36)/t22?,23-,26?,31-/m1/s1. The van der Waals surface area contributed by atoms with Crippen LogP contribution in [0.1, 0.15) is 68.4 Å². The van der Waals surface area contributed by atoms with Crippen molar-refractivity contribution in [3.63, 3.8) is 0 Å². The molecule has 1 N–H and O–H groups in total. The molecular weight excluding hydrogens is 446 g/mol. The molecule has 5 nitrogen and oxygen atoms in total. The molecule has 5 heteroatoms. The normalized spacial score (nSPS) is 24.8. The number of carbonyl (C=O) groups is 2. The van der Waals surface area contributed by atoms with E-state index >= 15 is 0 Å². The van der Waals surface area contributed by atoms with Gasteiger partial charge in [0.15, 0.2) is 0 Å². The third kappa shape index (κ3) is 4.59. The molecule has 0 spiro atoms. The quantitative estimate of drug-likeness (QED) is 0.477. The first-order chi connectivity index (χ1) is 17.4. The number of nitrogens with one attached hydrogen (secondary N) is 1. The molecule has 0 radical (unpaired) electrons. The first kappa shape index (κ1) is 24.4. The lowest BCUT2D eigenvalue weighted by Crippen LogP contribution is -2.65. The Labute approximate surface area is 214 Å². The number of aromatic nitrogens is 1. The molecule has 2 amide bonds.